The third kappa shape index (κ3) is 5.42. The minimum atomic E-state index is -3.64. The van der Waals surface area contributed by atoms with Crippen molar-refractivity contribution in [2.24, 2.45) is 11.1 Å². The molecule has 0 atom stereocenters. The van der Waals surface area contributed by atoms with Gasteiger partial charge in [-0.1, -0.05) is 31.4 Å². The van der Waals surface area contributed by atoms with E-state index in [4.69, 9.17) is 5.14 Å². The minimum Gasteiger partial charge on any atom is -0.356 e. The van der Waals surface area contributed by atoms with Crippen LogP contribution in [-0.4, -0.2) is 20.9 Å². The number of benzene rings is 1. The van der Waals surface area contributed by atoms with Crippen molar-refractivity contribution in [3.63, 3.8) is 0 Å². The Hall–Kier alpha value is -1.40. The number of nitrogens with one attached hydrogen (secondary N) is 1. The van der Waals surface area contributed by atoms with Crippen LogP contribution in [0.15, 0.2) is 29.2 Å². The van der Waals surface area contributed by atoms with Gasteiger partial charge in [-0.15, -0.1) is 0 Å². The smallest absolute Gasteiger partial charge is 0.238 e. The number of sulfonamides is 1. The standard InChI is InChI=1S/C16H24N2O3S/c17-22(20,21)15-8-6-13(7-9-15)10-11-18-16(19)12-14-4-2-1-3-5-14/h6-9,14H,1-5,10-12H2,(H,18,19)(H2,17,20,21). The number of nitrogens with two attached hydrogens (primary N) is 1. The number of carbonyl (C=O) groups is 1. The summed E-state index contributed by atoms with van der Waals surface area (Å²) in [6, 6.07) is 6.45. The first-order valence-electron chi connectivity index (χ1n) is 7.83. The molecule has 22 heavy (non-hydrogen) atoms. The topological polar surface area (TPSA) is 89.3 Å². The summed E-state index contributed by atoms with van der Waals surface area (Å²) in [5.41, 5.74) is 0.977. The molecule has 0 aliphatic heterocycles. The molecule has 1 aliphatic carbocycles. The van der Waals surface area contributed by atoms with Crippen LogP contribution in [0.25, 0.3) is 0 Å². The van der Waals surface area contributed by atoms with E-state index in [1.54, 1.807) is 12.1 Å². The Balaban J connectivity index is 1.72. The number of primary sulfonamides is 1. The molecular formula is C16H24N2O3S. The lowest BCUT2D eigenvalue weighted by atomic mass is 9.87. The van der Waals surface area contributed by atoms with Crippen molar-refractivity contribution in [2.75, 3.05) is 6.54 Å². The van der Waals surface area contributed by atoms with Crippen molar-refractivity contribution in [1.82, 2.24) is 5.32 Å². The molecule has 1 aromatic carbocycles. The van der Waals surface area contributed by atoms with Crippen LogP contribution in [0.3, 0.4) is 0 Å². The minimum absolute atomic E-state index is 0.109. The summed E-state index contributed by atoms with van der Waals surface area (Å²) in [4.78, 5) is 12.0. The van der Waals surface area contributed by atoms with E-state index in [-0.39, 0.29) is 10.8 Å². The predicted octanol–water partition coefficient (Wildman–Crippen LogP) is 1.96. The molecule has 0 spiro atoms. The average molecular weight is 324 g/mol. The molecule has 122 valence electrons. The molecule has 0 unspecified atom stereocenters. The molecule has 0 saturated heterocycles. The van der Waals surface area contributed by atoms with E-state index in [9.17, 15) is 13.2 Å². The Bertz CT molecular complexity index is 590. The van der Waals surface area contributed by atoms with Crippen LogP contribution < -0.4 is 10.5 Å². The number of hydrogen-bond donors (Lipinski definition) is 2. The molecule has 1 saturated carbocycles. The summed E-state index contributed by atoms with van der Waals surface area (Å²) in [6.45, 7) is 0.570. The molecule has 1 amide bonds. The van der Waals surface area contributed by atoms with E-state index in [2.05, 4.69) is 5.32 Å². The molecular weight excluding hydrogens is 300 g/mol. The molecule has 6 heteroatoms. The fourth-order valence-electron chi connectivity index (χ4n) is 2.92. The summed E-state index contributed by atoms with van der Waals surface area (Å²) >= 11 is 0. The SMILES string of the molecule is NS(=O)(=O)c1ccc(CCNC(=O)CC2CCCCC2)cc1. The second-order valence-corrected chi connectivity index (χ2v) is 7.56. The van der Waals surface area contributed by atoms with E-state index >= 15 is 0 Å². The molecule has 0 radical (unpaired) electrons. The second kappa shape index (κ2) is 7.74. The van der Waals surface area contributed by atoms with Gasteiger partial charge in [-0.05, 0) is 42.9 Å². The third-order valence-corrected chi connectivity index (χ3v) is 5.12. The Morgan fingerprint density at radius 3 is 2.36 bits per heavy atom. The second-order valence-electron chi connectivity index (χ2n) is 6.00. The maximum Gasteiger partial charge on any atom is 0.238 e. The van der Waals surface area contributed by atoms with Crippen LogP contribution in [-0.2, 0) is 21.2 Å². The molecule has 0 bridgehead atoms. The molecule has 2 rings (SSSR count). The van der Waals surface area contributed by atoms with Crippen molar-refractivity contribution in [3.8, 4) is 0 Å². The quantitative estimate of drug-likeness (QED) is 0.838. The van der Waals surface area contributed by atoms with E-state index in [1.165, 1.54) is 44.2 Å². The van der Waals surface area contributed by atoms with Gasteiger partial charge in [0.15, 0.2) is 0 Å². The van der Waals surface area contributed by atoms with Gasteiger partial charge in [-0.25, -0.2) is 13.6 Å². The zero-order valence-corrected chi connectivity index (χ0v) is 13.6. The Morgan fingerprint density at radius 1 is 1.14 bits per heavy atom. The zero-order chi connectivity index (χ0) is 16.0. The highest BCUT2D eigenvalue weighted by Gasteiger charge is 2.16. The lowest BCUT2D eigenvalue weighted by Crippen LogP contribution is -2.28. The first-order chi connectivity index (χ1) is 10.4. The van der Waals surface area contributed by atoms with Gasteiger partial charge in [0, 0.05) is 13.0 Å². The van der Waals surface area contributed by atoms with Crippen LogP contribution in [0.4, 0.5) is 0 Å². The van der Waals surface area contributed by atoms with E-state index in [0.717, 1.165) is 5.56 Å². The first kappa shape index (κ1) is 17.0. The fourth-order valence-corrected chi connectivity index (χ4v) is 3.43. The fraction of sp³-hybridized carbons (Fsp3) is 0.562. The Morgan fingerprint density at radius 2 is 1.77 bits per heavy atom. The summed E-state index contributed by atoms with van der Waals surface area (Å²) in [5, 5.41) is 7.99. The molecule has 0 heterocycles. The highest BCUT2D eigenvalue weighted by molar-refractivity contribution is 7.89. The number of carbonyl (C=O) groups excluding carboxylic acids is 1. The van der Waals surface area contributed by atoms with E-state index in [1.807, 2.05) is 0 Å². The monoisotopic (exact) mass is 324 g/mol. The summed E-state index contributed by atoms with van der Waals surface area (Å²) in [7, 11) is -3.64. The number of amides is 1. The van der Waals surface area contributed by atoms with Gasteiger partial charge in [0.25, 0.3) is 0 Å². The molecule has 1 fully saturated rings. The Labute approximate surface area is 132 Å². The molecule has 0 aromatic heterocycles. The maximum atomic E-state index is 11.9. The maximum absolute atomic E-state index is 11.9. The summed E-state index contributed by atoms with van der Waals surface area (Å²) < 4.78 is 22.3. The van der Waals surface area contributed by atoms with Gasteiger partial charge in [-0.2, -0.15) is 0 Å². The van der Waals surface area contributed by atoms with Gasteiger partial charge in [-0.3, -0.25) is 4.79 Å². The number of rotatable bonds is 6. The highest BCUT2D eigenvalue weighted by Crippen LogP contribution is 2.25. The average Bonchev–Trinajstić information content (AvgIpc) is 2.48. The normalized spacial score (nSPS) is 16.4. The van der Waals surface area contributed by atoms with Crippen LogP contribution in [0.2, 0.25) is 0 Å². The molecule has 1 aromatic rings. The highest BCUT2D eigenvalue weighted by atomic mass is 32.2. The van der Waals surface area contributed by atoms with Gasteiger partial charge in [0.05, 0.1) is 4.90 Å². The summed E-state index contributed by atoms with van der Waals surface area (Å²) in [5.74, 6) is 0.663. The van der Waals surface area contributed by atoms with Gasteiger partial charge in [0.2, 0.25) is 15.9 Å². The van der Waals surface area contributed by atoms with E-state index < -0.39 is 10.0 Å². The van der Waals surface area contributed by atoms with Crippen LogP contribution in [0.1, 0.15) is 44.1 Å². The van der Waals surface area contributed by atoms with Crippen molar-refractivity contribution in [1.29, 1.82) is 0 Å². The molecule has 1 aliphatic rings. The third-order valence-electron chi connectivity index (χ3n) is 4.19. The van der Waals surface area contributed by atoms with E-state index in [0.29, 0.717) is 25.3 Å². The van der Waals surface area contributed by atoms with Crippen molar-refractivity contribution in [2.45, 2.75) is 49.8 Å². The predicted molar refractivity (Wildman–Crippen MR) is 85.7 cm³/mol. The van der Waals surface area contributed by atoms with Crippen molar-refractivity contribution >= 4 is 15.9 Å². The van der Waals surface area contributed by atoms with Crippen LogP contribution >= 0.6 is 0 Å². The number of hydrogen-bond acceptors (Lipinski definition) is 3. The van der Waals surface area contributed by atoms with Crippen molar-refractivity contribution in [3.05, 3.63) is 29.8 Å². The van der Waals surface area contributed by atoms with Crippen LogP contribution in [0.5, 0.6) is 0 Å². The zero-order valence-electron chi connectivity index (χ0n) is 12.8. The van der Waals surface area contributed by atoms with Crippen molar-refractivity contribution < 1.29 is 13.2 Å². The van der Waals surface area contributed by atoms with Gasteiger partial charge >= 0.3 is 0 Å². The lowest BCUT2D eigenvalue weighted by Gasteiger charge is -2.20. The van der Waals surface area contributed by atoms with Crippen LogP contribution in [0, 0.1) is 5.92 Å². The lowest BCUT2D eigenvalue weighted by molar-refractivity contribution is -0.122. The molecule has 3 N–H and O–H groups in total. The van der Waals surface area contributed by atoms with Gasteiger partial charge < -0.3 is 5.32 Å². The Kier molecular flexibility index (Phi) is 5.97. The first-order valence-corrected chi connectivity index (χ1v) is 9.38. The van der Waals surface area contributed by atoms with Gasteiger partial charge in [0.1, 0.15) is 0 Å². The molecule has 5 nitrogen and oxygen atoms in total. The summed E-state index contributed by atoms with van der Waals surface area (Å²) in [6.07, 6.45) is 7.44. The largest absolute Gasteiger partial charge is 0.356 e.